The molecule has 0 saturated heterocycles. The zero-order chi connectivity index (χ0) is 14.4. The molecule has 1 unspecified atom stereocenters. The Hall–Kier alpha value is -1.67. The predicted molar refractivity (Wildman–Crippen MR) is 85.9 cm³/mol. The van der Waals surface area contributed by atoms with Crippen LogP contribution in [-0.2, 0) is 6.42 Å². The molecule has 3 heteroatoms. The molecule has 0 aromatic heterocycles. The summed E-state index contributed by atoms with van der Waals surface area (Å²) in [5.41, 5.74) is 2.25. The van der Waals surface area contributed by atoms with E-state index in [9.17, 15) is 0 Å². The van der Waals surface area contributed by atoms with Gasteiger partial charge in [-0.2, -0.15) is 0 Å². The van der Waals surface area contributed by atoms with Crippen LogP contribution in [0.3, 0.4) is 0 Å². The predicted octanol–water partition coefficient (Wildman–Crippen LogP) is 4.78. The first-order valence-electron chi connectivity index (χ1n) is 6.87. The number of hydrogen-bond acceptors (Lipinski definition) is 2. The minimum absolute atomic E-state index is 0.349. The van der Waals surface area contributed by atoms with Gasteiger partial charge in [-0.25, -0.2) is 0 Å². The van der Waals surface area contributed by atoms with E-state index in [0.29, 0.717) is 6.04 Å². The highest BCUT2D eigenvalue weighted by molar-refractivity contribution is 6.33. The highest BCUT2D eigenvalue weighted by Crippen LogP contribution is 2.28. The number of benzene rings is 2. The van der Waals surface area contributed by atoms with E-state index in [0.717, 1.165) is 29.3 Å². The Labute approximate surface area is 125 Å². The van der Waals surface area contributed by atoms with Crippen LogP contribution >= 0.6 is 11.6 Å². The molecule has 2 nitrogen and oxygen atoms in total. The summed E-state index contributed by atoms with van der Waals surface area (Å²) < 4.78 is 5.24. The van der Waals surface area contributed by atoms with Gasteiger partial charge in [0.15, 0.2) is 0 Å². The molecule has 0 amide bonds. The molecule has 2 aromatic rings. The standard InChI is InChI=1S/C17H20ClNO/c1-3-14(11-13-7-5-4-6-8-13)19-17-12-15(20-2)9-10-16(17)18/h4-10,12,14,19H,3,11H2,1-2H3. The van der Waals surface area contributed by atoms with Gasteiger partial charge in [-0.3, -0.25) is 0 Å². The topological polar surface area (TPSA) is 21.3 Å². The Bertz CT molecular complexity index is 542. The van der Waals surface area contributed by atoms with Gasteiger partial charge < -0.3 is 10.1 Å². The molecule has 0 bridgehead atoms. The molecule has 0 heterocycles. The molecule has 0 aliphatic rings. The number of anilines is 1. The summed E-state index contributed by atoms with van der Waals surface area (Å²) >= 11 is 6.24. The average molecular weight is 290 g/mol. The number of methoxy groups -OCH3 is 1. The largest absolute Gasteiger partial charge is 0.497 e. The third-order valence-corrected chi connectivity index (χ3v) is 3.68. The van der Waals surface area contributed by atoms with Gasteiger partial charge in [0.05, 0.1) is 17.8 Å². The monoisotopic (exact) mass is 289 g/mol. The summed E-state index contributed by atoms with van der Waals surface area (Å²) in [5.74, 6) is 0.812. The van der Waals surface area contributed by atoms with Crippen molar-refractivity contribution in [2.45, 2.75) is 25.8 Å². The molecule has 0 radical (unpaired) electrons. The maximum Gasteiger partial charge on any atom is 0.121 e. The maximum atomic E-state index is 6.24. The lowest BCUT2D eigenvalue weighted by molar-refractivity contribution is 0.415. The summed E-state index contributed by atoms with van der Waals surface area (Å²) in [6.45, 7) is 2.18. The van der Waals surface area contributed by atoms with Crippen molar-refractivity contribution in [1.82, 2.24) is 0 Å². The van der Waals surface area contributed by atoms with Crippen molar-refractivity contribution >= 4 is 17.3 Å². The Balaban J connectivity index is 2.10. The first-order valence-corrected chi connectivity index (χ1v) is 7.24. The molecule has 106 valence electrons. The van der Waals surface area contributed by atoms with Gasteiger partial charge in [-0.05, 0) is 30.5 Å². The van der Waals surface area contributed by atoms with E-state index in [-0.39, 0.29) is 0 Å². The molecular weight excluding hydrogens is 270 g/mol. The Morgan fingerprint density at radius 2 is 1.90 bits per heavy atom. The second-order valence-electron chi connectivity index (χ2n) is 4.79. The minimum atomic E-state index is 0.349. The molecule has 0 aliphatic carbocycles. The first-order chi connectivity index (χ1) is 9.72. The van der Waals surface area contributed by atoms with Crippen molar-refractivity contribution in [3.05, 3.63) is 59.1 Å². The SMILES string of the molecule is CCC(Cc1ccccc1)Nc1cc(OC)ccc1Cl. The summed E-state index contributed by atoms with van der Waals surface area (Å²) in [6.07, 6.45) is 2.01. The van der Waals surface area contributed by atoms with Crippen molar-refractivity contribution in [2.24, 2.45) is 0 Å². The van der Waals surface area contributed by atoms with E-state index in [1.165, 1.54) is 5.56 Å². The molecule has 2 aromatic carbocycles. The highest BCUT2D eigenvalue weighted by Gasteiger charge is 2.10. The number of ether oxygens (including phenoxy) is 1. The first kappa shape index (κ1) is 14.7. The van der Waals surface area contributed by atoms with Gasteiger partial charge >= 0.3 is 0 Å². The smallest absolute Gasteiger partial charge is 0.121 e. The molecule has 1 N–H and O–H groups in total. The zero-order valence-electron chi connectivity index (χ0n) is 11.9. The fourth-order valence-electron chi connectivity index (χ4n) is 2.16. The third-order valence-electron chi connectivity index (χ3n) is 3.35. The fourth-order valence-corrected chi connectivity index (χ4v) is 2.33. The van der Waals surface area contributed by atoms with Crippen molar-refractivity contribution in [3.63, 3.8) is 0 Å². The lowest BCUT2D eigenvalue weighted by Gasteiger charge is -2.20. The van der Waals surface area contributed by atoms with Crippen molar-refractivity contribution in [1.29, 1.82) is 0 Å². The lowest BCUT2D eigenvalue weighted by atomic mass is 10.0. The zero-order valence-corrected chi connectivity index (χ0v) is 12.7. The molecule has 0 spiro atoms. The number of hydrogen-bond donors (Lipinski definition) is 1. The quantitative estimate of drug-likeness (QED) is 0.826. The molecular formula is C17H20ClNO. The highest BCUT2D eigenvalue weighted by atomic mass is 35.5. The Morgan fingerprint density at radius 1 is 1.15 bits per heavy atom. The Kier molecular flexibility index (Phi) is 5.31. The third kappa shape index (κ3) is 3.91. The minimum Gasteiger partial charge on any atom is -0.497 e. The van der Waals surface area contributed by atoms with E-state index in [1.54, 1.807) is 7.11 Å². The summed E-state index contributed by atoms with van der Waals surface area (Å²) in [6, 6.07) is 16.5. The van der Waals surface area contributed by atoms with Gasteiger partial charge in [0.2, 0.25) is 0 Å². The number of rotatable bonds is 6. The normalized spacial score (nSPS) is 11.9. The van der Waals surface area contributed by atoms with Crippen LogP contribution in [0.4, 0.5) is 5.69 Å². The van der Waals surface area contributed by atoms with Crippen molar-refractivity contribution in [2.75, 3.05) is 12.4 Å². The van der Waals surface area contributed by atoms with Gasteiger partial charge in [-0.15, -0.1) is 0 Å². The second kappa shape index (κ2) is 7.20. The van der Waals surface area contributed by atoms with Crippen LogP contribution in [-0.4, -0.2) is 13.2 Å². The van der Waals surface area contributed by atoms with E-state index in [4.69, 9.17) is 16.3 Å². The van der Waals surface area contributed by atoms with Crippen LogP contribution in [0, 0.1) is 0 Å². The van der Waals surface area contributed by atoms with Gasteiger partial charge in [0.25, 0.3) is 0 Å². The molecule has 20 heavy (non-hydrogen) atoms. The molecule has 0 aliphatic heterocycles. The van der Waals surface area contributed by atoms with Crippen LogP contribution in [0.1, 0.15) is 18.9 Å². The van der Waals surface area contributed by atoms with Crippen molar-refractivity contribution < 1.29 is 4.74 Å². The average Bonchev–Trinajstić information content (AvgIpc) is 2.49. The van der Waals surface area contributed by atoms with Crippen molar-refractivity contribution in [3.8, 4) is 5.75 Å². The molecule has 0 fully saturated rings. The van der Waals surface area contributed by atoms with Crippen LogP contribution < -0.4 is 10.1 Å². The van der Waals surface area contributed by atoms with E-state index in [2.05, 4.69) is 36.5 Å². The molecule has 2 rings (SSSR count). The van der Waals surface area contributed by atoms with Gasteiger partial charge in [-0.1, -0.05) is 48.9 Å². The van der Waals surface area contributed by atoms with Gasteiger partial charge in [0, 0.05) is 12.1 Å². The maximum absolute atomic E-state index is 6.24. The second-order valence-corrected chi connectivity index (χ2v) is 5.19. The van der Waals surface area contributed by atoms with Crippen LogP contribution in [0.25, 0.3) is 0 Å². The summed E-state index contributed by atoms with van der Waals surface area (Å²) in [7, 11) is 1.66. The van der Waals surface area contributed by atoms with Crippen LogP contribution in [0.5, 0.6) is 5.75 Å². The van der Waals surface area contributed by atoms with Crippen LogP contribution in [0.2, 0.25) is 5.02 Å². The van der Waals surface area contributed by atoms with E-state index in [1.807, 2.05) is 24.3 Å². The Morgan fingerprint density at radius 3 is 2.55 bits per heavy atom. The van der Waals surface area contributed by atoms with E-state index < -0.39 is 0 Å². The number of halogens is 1. The fraction of sp³-hybridized carbons (Fsp3) is 0.294. The van der Waals surface area contributed by atoms with Gasteiger partial charge in [0.1, 0.15) is 5.75 Å². The summed E-state index contributed by atoms with van der Waals surface area (Å²) in [5, 5.41) is 4.23. The summed E-state index contributed by atoms with van der Waals surface area (Å²) in [4.78, 5) is 0. The van der Waals surface area contributed by atoms with E-state index >= 15 is 0 Å². The molecule has 1 atom stereocenters. The molecule has 0 saturated carbocycles. The van der Waals surface area contributed by atoms with Crippen LogP contribution in [0.15, 0.2) is 48.5 Å². The number of nitrogens with one attached hydrogen (secondary N) is 1. The lowest BCUT2D eigenvalue weighted by Crippen LogP contribution is -2.21.